The Morgan fingerprint density at radius 1 is 1.38 bits per heavy atom. The summed E-state index contributed by atoms with van der Waals surface area (Å²) >= 11 is 0. The minimum Gasteiger partial charge on any atom is -0.508 e. The quantitative estimate of drug-likeness (QED) is 0.896. The van der Waals surface area contributed by atoms with Crippen LogP contribution < -0.4 is 5.73 Å². The van der Waals surface area contributed by atoms with E-state index < -0.39 is 6.04 Å². The van der Waals surface area contributed by atoms with Crippen LogP contribution in [0.15, 0.2) is 24.3 Å². The van der Waals surface area contributed by atoms with Gasteiger partial charge >= 0.3 is 0 Å². The van der Waals surface area contributed by atoms with Crippen LogP contribution in [0.3, 0.4) is 0 Å². The smallest absolute Gasteiger partial charge is 0.239 e. The van der Waals surface area contributed by atoms with Gasteiger partial charge in [-0.2, -0.15) is 0 Å². The van der Waals surface area contributed by atoms with Crippen molar-refractivity contribution in [1.29, 1.82) is 0 Å². The normalized spacial score (nSPS) is 20.6. The summed E-state index contributed by atoms with van der Waals surface area (Å²) in [4.78, 5) is 14.3. The van der Waals surface area contributed by atoms with E-state index in [1.807, 2.05) is 17.0 Å². The molecule has 0 spiro atoms. The van der Waals surface area contributed by atoms with Crippen molar-refractivity contribution in [3.63, 3.8) is 0 Å². The van der Waals surface area contributed by atoms with Crippen LogP contribution in [0.4, 0.5) is 0 Å². The predicted octanol–water partition coefficient (Wildman–Crippen LogP) is 2.16. The summed E-state index contributed by atoms with van der Waals surface area (Å²) in [5.74, 6) is 0.809. The summed E-state index contributed by atoms with van der Waals surface area (Å²) in [5, 5.41) is 9.27. The molecule has 4 heteroatoms. The Hall–Kier alpha value is -1.55. The minimum atomic E-state index is -0.506. The number of likely N-dealkylation sites (tertiary alicyclic amines) is 1. The fraction of sp³-hybridized carbons (Fsp3) is 0.588. The van der Waals surface area contributed by atoms with Gasteiger partial charge in [-0.05, 0) is 41.9 Å². The molecule has 116 valence electrons. The van der Waals surface area contributed by atoms with Crippen molar-refractivity contribution < 1.29 is 9.90 Å². The topological polar surface area (TPSA) is 66.6 Å². The number of hydrogen-bond donors (Lipinski definition) is 2. The van der Waals surface area contributed by atoms with E-state index in [-0.39, 0.29) is 17.1 Å². The number of amides is 1. The molecule has 0 bridgehead atoms. The van der Waals surface area contributed by atoms with Gasteiger partial charge in [0.1, 0.15) is 5.75 Å². The molecular formula is C17H26N2O2. The molecule has 2 rings (SSSR count). The van der Waals surface area contributed by atoms with Crippen LogP contribution in [-0.4, -0.2) is 35.0 Å². The average Bonchev–Trinajstić information content (AvgIpc) is 2.90. The first-order valence-electron chi connectivity index (χ1n) is 7.59. The highest BCUT2D eigenvalue weighted by atomic mass is 16.3. The van der Waals surface area contributed by atoms with Gasteiger partial charge in [0.15, 0.2) is 0 Å². The lowest BCUT2D eigenvalue weighted by atomic mass is 9.80. The zero-order valence-electron chi connectivity index (χ0n) is 13.2. The second-order valence-corrected chi connectivity index (χ2v) is 7.11. The third-order valence-electron chi connectivity index (χ3n) is 4.43. The molecule has 0 saturated carbocycles. The molecule has 1 heterocycles. The lowest BCUT2D eigenvalue weighted by Crippen LogP contribution is -2.44. The van der Waals surface area contributed by atoms with Crippen LogP contribution in [0.5, 0.6) is 5.75 Å². The second-order valence-electron chi connectivity index (χ2n) is 7.11. The molecule has 2 atom stereocenters. The SMILES string of the molecule is CC(C)(C)C1CCN(C(=O)C(N)Cc2ccc(O)cc2)C1. The van der Waals surface area contributed by atoms with E-state index in [9.17, 15) is 9.90 Å². The first-order chi connectivity index (χ1) is 9.77. The Labute approximate surface area is 126 Å². The van der Waals surface area contributed by atoms with E-state index in [4.69, 9.17) is 5.73 Å². The van der Waals surface area contributed by atoms with Crippen molar-refractivity contribution in [3.8, 4) is 5.75 Å². The Bertz CT molecular complexity index is 491. The number of aromatic hydroxyl groups is 1. The van der Waals surface area contributed by atoms with Crippen LogP contribution in [0, 0.1) is 11.3 Å². The number of carbonyl (C=O) groups is 1. The number of nitrogens with zero attached hydrogens (tertiary/aromatic N) is 1. The summed E-state index contributed by atoms with van der Waals surface area (Å²) in [5.41, 5.74) is 7.27. The molecule has 1 amide bonds. The van der Waals surface area contributed by atoms with Crippen molar-refractivity contribution in [1.82, 2.24) is 4.90 Å². The molecule has 1 aromatic carbocycles. The zero-order chi connectivity index (χ0) is 15.6. The van der Waals surface area contributed by atoms with E-state index >= 15 is 0 Å². The molecule has 1 aliphatic rings. The molecule has 4 nitrogen and oxygen atoms in total. The van der Waals surface area contributed by atoms with Gasteiger partial charge in [0.05, 0.1) is 6.04 Å². The van der Waals surface area contributed by atoms with E-state index in [0.29, 0.717) is 12.3 Å². The van der Waals surface area contributed by atoms with Gasteiger partial charge in [-0.3, -0.25) is 4.79 Å². The van der Waals surface area contributed by atoms with Crippen molar-refractivity contribution >= 4 is 5.91 Å². The summed E-state index contributed by atoms with van der Waals surface area (Å²) in [7, 11) is 0. The van der Waals surface area contributed by atoms with Gasteiger partial charge in [-0.1, -0.05) is 32.9 Å². The highest BCUT2D eigenvalue weighted by molar-refractivity contribution is 5.82. The first-order valence-corrected chi connectivity index (χ1v) is 7.59. The molecular weight excluding hydrogens is 264 g/mol. The standard InChI is InChI=1S/C17H26N2O2/c1-17(2,3)13-8-9-19(11-13)16(21)15(18)10-12-4-6-14(20)7-5-12/h4-7,13,15,20H,8-11,18H2,1-3H3. The monoisotopic (exact) mass is 290 g/mol. The maximum Gasteiger partial charge on any atom is 0.239 e. The fourth-order valence-corrected chi connectivity index (χ4v) is 2.88. The maximum absolute atomic E-state index is 12.4. The molecule has 2 unspecified atom stereocenters. The molecule has 1 saturated heterocycles. The van der Waals surface area contributed by atoms with E-state index in [0.717, 1.165) is 25.1 Å². The summed E-state index contributed by atoms with van der Waals surface area (Å²) in [6.45, 7) is 8.29. The van der Waals surface area contributed by atoms with E-state index in [1.165, 1.54) is 0 Å². The lowest BCUT2D eigenvalue weighted by molar-refractivity contribution is -0.131. The molecule has 1 fully saturated rings. The molecule has 1 aromatic rings. The Balaban J connectivity index is 1.93. The molecule has 1 aliphatic heterocycles. The zero-order valence-corrected chi connectivity index (χ0v) is 13.2. The lowest BCUT2D eigenvalue weighted by Gasteiger charge is -2.27. The number of benzene rings is 1. The van der Waals surface area contributed by atoms with Gasteiger partial charge < -0.3 is 15.7 Å². The van der Waals surface area contributed by atoms with Crippen molar-refractivity contribution in [2.45, 2.75) is 39.7 Å². The third-order valence-corrected chi connectivity index (χ3v) is 4.43. The molecule has 0 radical (unpaired) electrons. The Morgan fingerprint density at radius 3 is 2.52 bits per heavy atom. The molecule has 3 N–H and O–H groups in total. The Morgan fingerprint density at radius 2 is 2.00 bits per heavy atom. The van der Waals surface area contributed by atoms with Crippen molar-refractivity contribution in [3.05, 3.63) is 29.8 Å². The van der Waals surface area contributed by atoms with Crippen LogP contribution in [0.1, 0.15) is 32.8 Å². The largest absolute Gasteiger partial charge is 0.508 e. The Kier molecular flexibility index (Phi) is 4.57. The predicted molar refractivity (Wildman–Crippen MR) is 83.9 cm³/mol. The third kappa shape index (κ3) is 3.97. The van der Waals surface area contributed by atoms with Gasteiger partial charge in [-0.25, -0.2) is 0 Å². The number of rotatable bonds is 3. The average molecular weight is 290 g/mol. The molecule has 0 aromatic heterocycles. The fourth-order valence-electron chi connectivity index (χ4n) is 2.88. The van der Waals surface area contributed by atoms with Crippen LogP contribution >= 0.6 is 0 Å². The number of phenols is 1. The first kappa shape index (κ1) is 15.8. The minimum absolute atomic E-state index is 0.0369. The number of carbonyl (C=O) groups excluding carboxylic acids is 1. The summed E-state index contributed by atoms with van der Waals surface area (Å²) in [6, 6.07) is 6.36. The van der Waals surface area contributed by atoms with Gasteiger partial charge in [0.2, 0.25) is 5.91 Å². The van der Waals surface area contributed by atoms with Crippen LogP contribution in [0.25, 0.3) is 0 Å². The van der Waals surface area contributed by atoms with Crippen LogP contribution in [-0.2, 0) is 11.2 Å². The van der Waals surface area contributed by atoms with E-state index in [1.54, 1.807) is 12.1 Å². The molecule has 0 aliphatic carbocycles. The highest BCUT2D eigenvalue weighted by Crippen LogP contribution is 2.33. The molecule has 21 heavy (non-hydrogen) atoms. The van der Waals surface area contributed by atoms with Gasteiger partial charge in [-0.15, -0.1) is 0 Å². The number of nitrogens with two attached hydrogens (primary N) is 1. The number of hydrogen-bond acceptors (Lipinski definition) is 3. The van der Waals surface area contributed by atoms with Crippen LogP contribution in [0.2, 0.25) is 0 Å². The van der Waals surface area contributed by atoms with Gasteiger partial charge in [0.25, 0.3) is 0 Å². The van der Waals surface area contributed by atoms with Crippen molar-refractivity contribution in [2.75, 3.05) is 13.1 Å². The highest BCUT2D eigenvalue weighted by Gasteiger charge is 2.35. The van der Waals surface area contributed by atoms with E-state index in [2.05, 4.69) is 20.8 Å². The summed E-state index contributed by atoms with van der Waals surface area (Å²) in [6.07, 6.45) is 1.57. The number of phenolic OH excluding ortho intramolecular Hbond substituents is 1. The summed E-state index contributed by atoms with van der Waals surface area (Å²) < 4.78 is 0. The second kappa shape index (κ2) is 6.06. The van der Waals surface area contributed by atoms with Crippen molar-refractivity contribution in [2.24, 2.45) is 17.1 Å². The maximum atomic E-state index is 12.4. The van der Waals surface area contributed by atoms with Gasteiger partial charge in [0, 0.05) is 13.1 Å².